The van der Waals surface area contributed by atoms with E-state index in [1.807, 2.05) is 17.4 Å². The van der Waals surface area contributed by atoms with Gasteiger partial charge in [-0.2, -0.15) is 0 Å². The third kappa shape index (κ3) is 3.47. The van der Waals surface area contributed by atoms with Gasteiger partial charge in [0, 0.05) is 23.0 Å². The van der Waals surface area contributed by atoms with Crippen LogP contribution >= 0.6 is 11.3 Å². The Kier molecular flexibility index (Phi) is 4.94. The van der Waals surface area contributed by atoms with E-state index in [0.29, 0.717) is 6.04 Å². The summed E-state index contributed by atoms with van der Waals surface area (Å²) in [5.41, 5.74) is 1.29. The predicted molar refractivity (Wildman–Crippen MR) is 88.9 cm³/mol. The van der Waals surface area contributed by atoms with Crippen LogP contribution in [0.1, 0.15) is 42.2 Å². The highest BCUT2D eigenvalue weighted by molar-refractivity contribution is 7.10. The molecule has 112 valence electrons. The van der Waals surface area contributed by atoms with Crippen LogP contribution in [0.3, 0.4) is 0 Å². The predicted octanol–water partition coefficient (Wildman–Crippen LogP) is 4.87. The number of hydrogen-bond acceptors (Lipinski definition) is 3. The lowest BCUT2D eigenvalue weighted by Gasteiger charge is -2.29. The van der Waals surface area contributed by atoms with E-state index < -0.39 is 0 Å². The Morgan fingerprint density at radius 1 is 1.14 bits per heavy atom. The molecule has 0 bridgehead atoms. The van der Waals surface area contributed by atoms with Gasteiger partial charge < -0.3 is 4.74 Å². The Bertz CT molecular complexity index is 552. The highest BCUT2D eigenvalue weighted by Crippen LogP contribution is 2.34. The summed E-state index contributed by atoms with van der Waals surface area (Å²) >= 11 is 1.89. The lowest BCUT2D eigenvalue weighted by atomic mass is 10.1. The molecule has 2 aromatic rings. The van der Waals surface area contributed by atoms with Gasteiger partial charge >= 0.3 is 0 Å². The molecule has 0 unspecified atom stereocenters. The average molecular weight is 301 g/mol. The molecule has 2 nitrogen and oxygen atoms in total. The minimum absolute atomic E-state index is 0.567. The highest BCUT2D eigenvalue weighted by Gasteiger charge is 2.24. The SMILES string of the molecule is COc1ccccc1CN1CCCCC[C@H]1c1cccs1. The second-order valence-electron chi connectivity index (χ2n) is 5.66. The molecule has 1 aromatic carbocycles. The fraction of sp³-hybridized carbons (Fsp3) is 0.444. The number of para-hydroxylation sites is 1. The van der Waals surface area contributed by atoms with Gasteiger partial charge in [0.25, 0.3) is 0 Å². The van der Waals surface area contributed by atoms with Crippen molar-refractivity contribution >= 4 is 11.3 Å². The van der Waals surface area contributed by atoms with Crippen LogP contribution in [0.4, 0.5) is 0 Å². The van der Waals surface area contributed by atoms with Gasteiger partial charge in [0.1, 0.15) is 5.75 Å². The maximum atomic E-state index is 5.52. The van der Waals surface area contributed by atoms with Gasteiger partial charge in [-0.1, -0.05) is 37.1 Å². The van der Waals surface area contributed by atoms with Crippen LogP contribution < -0.4 is 4.74 Å². The summed E-state index contributed by atoms with van der Waals surface area (Å²) < 4.78 is 5.52. The molecule has 21 heavy (non-hydrogen) atoms. The maximum absolute atomic E-state index is 5.52. The number of hydrogen-bond donors (Lipinski definition) is 0. The minimum Gasteiger partial charge on any atom is -0.496 e. The van der Waals surface area contributed by atoms with Crippen molar-refractivity contribution in [3.8, 4) is 5.75 Å². The highest BCUT2D eigenvalue weighted by atomic mass is 32.1. The van der Waals surface area contributed by atoms with Gasteiger partial charge in [-0.3, -0.25) is 4.90 Å². The Hall–Kier alpha value is -1.32. The lowest BCUT2D eigenvalue weighted by Crippen LogP contribution is -2.27. The Balaban J connectivity index is 1.83. The quantitative estimate of drug-likeness (QED) is 0.798. The van der Waals surface area contributed by atoms with Crippen LogP contribution in [-0.4, -0.2) is 18.6 Å². The largest absolute Gasteiger partial charge is 0.496 e. The maximum Gasteiger partial charge on any atom is 0.123 e. The third-order valence-corrected chi connectivity index (χ3v) is 5.27. The van der Waals surface area contributed by atoms with Crippen LogP contribution in [0.2, 0.25) is 0 Å². The molecule has 0 aliphatic carbocycles. The number of benzene rings is 1. The molecule has 1 aromatic heterocycles. The lowest BCUT2D eigenvalue weighted by molar-refractivity contribution is 0.193. The third-order valence-electron chi connectivity index (χ3n) is 4.30. The van der Waals surface area contributed by atoms with Crippen molar-refractivity contribution in [1.82, 2.24) is 4.90 Å². The molecule has 0 amide bonds. The van der Waals surface area contributed by atoms with Crippen LogP contribution in [0.5, 0.6) is 5.75 Å². The first-order valence-corrected chi connectivity index (χ1v) is 8.66. The Morgan fingerprint density at radius 2 is 2.05 bits per heavy atom. The van der Waals surface area contributed by atoms with Gasteiger partial charge in [0.05, 0.1) is 7.11 Å². The van der Waals surface area contributed by atoms with Gasteiger partial charge in [0.15, 0.2) is 0 Å². The van der Waals surface area contributed by atoms with Crippen molar-refractivity contribution < 1.29 is 4.74 Å². The molecule has 0 spiro atoms. The zero-order valence-corrected chi connectivity index (χ0v) is 13.4. The fourth-order valence-corrected chi connectivity index (χ4v) is 4.11. The molecule has 1 fully saturated rings. The van der Waals surface area contributed by atoms with E-state index in [2.05, 4.69) is 40.6 Å². The number of ether oxygens (including phenoxy) is 1. The first-order valence-electron chi connectivity index (χ1n) is 7.78. The smallest absolute Gasteiger partial charge is 0.123 e. The zero-order chi connectivity index (χ0) is 14.5. The second kappa shape index (κ2) is 7.10. The summed E-state index contributed by atoms with van der Waals surface area (Å²) in [4.78, 5) is 4.14. The first kappa shape index (κ1) is 14.6. The van der Waals surface area contributed by atoms with E-state index >= 15 is 0 Å². The first-order chi connectivity index (χ1) is 10.4. The summed E-state index contributed by atoms with van der Waals surface area (Å²) in [6.07, 6.45) is 5.27. The molecule has 2 heterocycles. The minimum atomic E-state index is 0.567. The van der Waals surface area contributed by atoms with Gasteiger partial charge in [-0.05, 0) is 36.9 Å². The number of rotatable bonds is 4. The topological polar surface area (TPSA) is 12.5 Å². The summed E-state index contributed by atoms with van der Waals surface area (Å²) in [5.74, 6) is 1.01. The number of methoxy groups -OCH3 is 1. The van der Waals surface area contributed by atoms with Gasteiger partial charge in [-0.25, -0.2) is 0 Å². The molecular weight excluding hydrogens is 278 g/mol. The molecular formula is C18H23NOS. The van der Waals surface area contributed by atoms with Gasteiger partial charge in [-0.15, -0.1) is 11.3 Å². The molecule has 0 saturated carbocycles. The number of thiophene rings is 1. The normalized spacial score (nSPS) is 20.1. The van der Waals surface area contributed by atoms with E-state index in [1.165, 1.54) is 42.7 Å². The van der Waals surface area contributed by atoms with Crippen molar-refractivity contribution in [3.63, 3.8) is 0 Å². The number of nitrogens with zero attached hydrogens (tertiary/aromatic N) is 1. The second-order valence-corrected chi connectivity index (χ2v) is 6.64. The summed E-state index contributed by atoms with van der Waals surface area (Å²) in [6, 6.07) is 13.4. The van der Waals surface area contributed by atoms with E-state index in [-0.39, 0.29) is 0 Å². The van der Waals surface area contributed by atoms with E-state index in [9.17, 15) is 0 Å². The van der Waals surface area contributed by atoms with Crippen LogP contribution in [-0.2, 0) is 6.54 Å². The van der Waals surface area contributed by atoms with Gasteiger partial charge in [0.2, 0.25) is 0 Å². The van der Waals surface area contributed by atoms with Crippen molar-refractivity contribution in [2.45, 2.75) is 38.3 Å². The zero-order valence-electron chi connectivity index (χ0n) is 12.6. The summed E-state index contributed by atoms with van der Waals surface area (Å²) in [5, 5.41) is 2.20. The van der Waals surface area contributed by atoms with E-state index in [4.69, 9.17) is 4.74 Å². The van der Waals surface area contributed by atoms with E-state index in [0.717, 1.165) is 12.3 Å². The number of likely N-dealkylation sites (tertiary alicyclic amines) is 1. The molecule has 1 aliphatic rings. The molecule has 1 atom stereocenters. The standard InChI is InChI=1S/C18H23NOS/c1-20-17-10-5-4-8-15(17)14-19-12-6-2-3-9-16(19)18-11-7-13-21-18/h4-5,7-8,10-11,13,16H,2-3,6,9,12,14H2,1H3/t16-/m0/s1. The molecule has 0 N–H and O–H groups in total. The Morgan fingerprint density at radius 3 is 2.86 bits per heavy atom. The summed E-state index contributed by atoms with van der Waals surface area (Å²) in [7, 11) is 1.76. The van der Waals surface area contributed by atoms with Crippen molar-refractivity contribution in [2.24, 2.45) is 0 Å². The van der Waals surface area contributed by atoms with E-state index in [1.54, 1.807) is 7.11 Å². The Labute approximate surface area is 131 Å². The van der Waals surface area contributed by atoms with Crippen LogP contribution in [0, 0.1) is 0 Å². The summed E-state index contributed by atoms with van der Waals surface area (Å²) in [6.45, 7) is 2.16. The van der Waals surface area contributed by atoms with Crippen molar-refractivity contribution in [3.05, 3.63) is 52.2 Å². The fourth-order valence-electron chi connectivity index (χ4n) is 3.21. The van der Waals surface area contributed by atoms with Crippen molar-refractivity contribution in [1.29, 1.82) is 0 Å². The molecule has 3 rings (SSSR count). The van der Waals surface area contributed by atoms with Crippen LogP contribution in [0.15, 0.2) is 41.8 Å². The molecule has 3 heteroatoms. The average Bonchev–Trinajstić information content (AvgIpc) is 2.95. The van der Waals surface area contributed by atoms with Crippen molar-refractivity contribution in [2.75, 3.05) is 13.7 Å². The van der Waals surface area contributed by atoms with Crippen LogP contribution in [0.25, 0.3) is 0 Å². The monoisotopic (exact) mass is 301 g/mol. The molecule has 1 aliphatic heterocycles. The molecule has 1 saturated heterocycles. The molecule has 0 radical (unpaired) electrons.